The van der Waals surface area contributed by atoms with Crippen molar-refractivity contribution >= 4 is 11.3 Å². The van der Waals surface area contributed by atoms with Crippen LogP contribution in [0.25, 0.3) is 5.57 Å². The number of nitro benzene ring substituents is 1. The maximum absolute atomic E-state index is 11.4. The first-order valence-electron chi connectivity index (χ1n) is 11.5. The highest BCUT2D eigenvalue weighted by molar-refractivity contribution is 5.72. The van der Waals surface area contributed by atoms with Crippen molar-refractivity contribution < 1.29 is 15.1 Å². The lowest BCUT2D eigenvalue weighted by atomic mass is 9.92. The summed E-state index contributed by atoms with van der Waals surface area (Å²) in [7, 11) is 0. The third-order valence-electron chi connectivity index (χ3n) is 4.84. The van der Waals surface area contributed by atoms with Crippen LogP contribution in [-0.2, 0) is 0 Å². The van der Waals surface area contributed by atoms with E-state index in [9.17, 15) is 10.1 Å². The maximum Gasteiger partial charge on any atom is 0.311 e. The Hall–Kier alpha value is -2.14. The predicted octanol–water partition coefficient (Wildman–Crippen LogP) is 5.14. The van der Waals surface area contributed by atoms with Crippen molar-refractivity contribution in [3.63, 3.8) is 0 Å². The van der Waals surface area contributed by atoms with Gasteiger partial charge < -0.3 is 4.74 Å². The molecule has 146 valence electrons. The minimum Gasteiger partial charge on any atom is -0.484 e. The fourth-order valence-corrected chi connectivity index (χ4v) is 3.52. The van der Waals surface area contributed by atoms with Crippen molar-refractivity contribution in [3.8, 4) is 5.75 Å². The third kappa shape index (κ3) is 4.98. The molecule has 1 unspecified atom stereocenters. The first kappa shape index (κ1) is 14.9. The standard InChI is InChI=1S/C22H30N2O3/c1-16(2)27-22-14-20(17(3)13-21(22)24(25)26)19-9-11-23(12-10-19)15-18-7-5-4-6-8-18/h4-5,9,13-14,16,18H,6-8,10-12,15H2,1-3H3/i7D2,8D2. The third-order valence-corrected chi connectivity index (χ3v) is 4.84. The minimum atomic E-state index is -1.68. The van der Waals surface area contributed by atoms with Gasteiger partial charge in [-0.05, 0) is 75.0 Å². The van der Waals surface area contributed by atoms with Crippen LogP contribution >= 0.6 is 0 Å². The van der Waals surface area contributed by atoms with Gasteiger partial charge in [0.1, 0.15) is 0 Å². The van der Waals surface area contributed by atoms with E-state index < -0.39 is 23.6 Å². The van der Waals surface area contributed by atoms with E-state index in [1.54, 1.807) is 18.2 Å². The van der Waals surface area contributed by atoms with E-state index in [0.29, 0.717) is 26.1 Å². The van der Waals surface area contributed by atoms with Crippen molar-refractivity contribution in [3.05, 3.63) is 51.6 Å². The Bertz CT molecular complexity index is 912. The van der Waals surface area contributed by atoms with Gasteiger partial charge in [0, 0.05) is 31.2 Å². The van der Waals surface area contributed by atoms with Crippen LogP contribution in [0.5, 0.6) is 5.75 Å². The number of rotatable bonds is 6. The van der Waals surface area contributed by atoms with Gasteiger partial charge in [-0.3, -0.25) is 15.0 Å². The second-order valence-electron chi connectivity index (χ2n) is 7.33. The Morgan fingerprint density at radius 3 is 2.85 bits per heavy atom. The molecule has 5 nitrogen and oxygen atoms in total. The number of hydrogen-bond acceptors (Lipinski definition) is 4. The molecule has 1 aliphatic heterocycles. The Morgan fingerprint density at radius 2 is 2.22 bits per heavy atom. The molecule has 0 radical (unpaired) electrons. The molecule has 0 amide bonds. The molecule has 1 atom stereocenters. The van der Waals surface area contributed by atoms with Crippen molar-refractivity contribution in [1.82, 2.24) is 4.90 Å². The Morgan fingerprint density at radius 1 is 1.41 bits per heavy atom. The molecule has 1 aliphatic carbocycles. The Balaban J connectivity index is 1.80. The molecule has 1 aromatic rings. The molecule has 2 aliphatic rings. The summed E-state index contributed by atoms with van der Waals surface area (Å²) in [5, 5.41) is 11.4. The van der Waals surface area contributed by atoms with Gasteiger partial charge in [0.25, 0.3) is 0 Å². The molecule has 27 heavy (non-hydrogen) atoms. The summed E-state index contributed by atoms with van der Waals surface area (Å²) < 4.78 is 38.7. The van der Waals surface area contributed by atoms with E-state index in [2.05, 4.69) is 11.0 Å². The second kappa shape index (κ2) is 8.70. The van der Waals surface area contributed by atoms with Crippen molar-refractivity contribution in [2.24, 2.45) is 5.92 Å². The molecule has 0 aromatic heterocycles. The molecular weight excluding hydrogens is 340 g/mol. The van der Waals surface area contributed by atoms with Gasteiger partial charge in [-0.25, -0.2) is 0 Å². The van der Waals surface area contributed by atoms with Crippen molar-refractivity contribution in [2.45, 2.75) is 52.5 Å². The first-order chi connectivity index (χ1) is 14.4. The summed E-state index contributed by atoms with van der Waals surface area (Å²) >= 11 is 0. The van der Waals surface area contributed by atoms with Gasteiger partial charge in [0.15, 0.2) is 5.75 Å². The summed E-state index contributed by atoms with van der Waals surface area (Å²) in [6.07, 6.45) is 2.63. The van der Waals surface area contributed by atoms with Gasteiger partial charge >= 0.3 is 5.69 Å². The number of nitro groups is 1. The molecule has 0 fully saturated rings. The lowest BCUT2D eigenvalue weighted by Crippen LogP contribution is -2.33. The quantitative estimate of drug-likeness (QED) is 0.393. The first-order valence-corrected chi connectivity index (χ1v) is 9.46. The number of nitrogens with zero attached hydrogens (tertiary/aromatic N) is 2. The normalized spacial score (nSPS) is 26.5. The Labute approximate surface area is 167 Å². The highest BCUT2D eigenvalue weighted by Gasteiger charge is 2.23. The molecule has 5 heteroatoms. The van der Waals surface area contributed by atoms with E-state index >= 15 is 0 Å². The van der Waals surface area contributed by atoms with E-state index in [1.807, 2.05) is 20.8 Å². The monoisotopic (exact) mass is 374 g/mol. The summed E-state index contributed by atoms with van der Waals surface area (Å²) in [6, 6.07) is 3.30. The topological polar surface area (TPSA) is 55.6 Å². The fourth-order valence-electron chi connectivity index (χ4n) is 3.52. The van der Waals surface area contributed by atoms with E-state index in [1.165, 1.54) is 6.08 Å². The van der Waals surface area contributed by atoms with Gasteiger partial charge in [0.05, 0.1) is 11.0 Å². The fraction of sp³-hybridized carbons (Fsp3) is 0.545. The average molecular weight is 375 g/mol. The summed E-state index contributed by atoms with van der Waals surface area (Å²) in [5.74, 6) is -0.466. The van der Waals surface area contributed by atoms with Gasteiger partial charge in [-0.1, -0.05) is 18.2 Å². The van der Waals surface area contributed by atoms with Crippen molar-refractivity contribution in [2.75, 3.05) is 19.6 Å². The van der Waals surface area contributed by atoms with Crippen LogP contribution in [0.3, 0.4) is 0 Å². The highest BCUT2D eigenvalue weighted by Crippen LogP contribution is 2.36. The second-order valence-corrected chi connectivity index (χ2v) is 7.33. The zero-order valence-electron chi connectivity index (χ0n) is 20.2. The predicted molar refractivity (Wildman–Crippen MR) is 109 cm³/mol. The zero-order valence-corrected chi connectivity index (χ0v) is 16.2. The van der Waals surface area contributed by atoms with Crippen LogP contribution in [0, 0.1) is 23.0 Å². The zero-order chi connectivity index (χ0) is 23.0. The van der Waals surface area contributed by atoms with Crippen LogP contribution in [-0.4, -0.2) is 35.6 Å². The maximum atomic E-state index is 11.4. The largest absolute Gasteiger partial charge is 0.484 e. The lowest BCUT2D eigenvalue weighted by Gasteiger charge is -2.31. The molecule has 0 spiro atoms. The van der Waals surface area contributed by atoms with E-state index in [0.717, 1.165) is 16.7 Å². The lowest BCUT2D eigenvalue weighted by molar-refractivity contribution is -0.386. The molecular formula is C22H30N2O3. The van der Waals surface area contributed by atoms with Crippen LogP contribution in [0.2, 0.25) is 0 Å². The minimum absolute atomic E-state index is 0.0391. The Kier molecular flexibility index (Phi) is 4.79. The number of hydrogen-bond donors (Lipinski definition) is 0. The van der Waals surface area contributed by atoms with Gasteiger partial charge in [-0.2, -0.15) is 0 Å². The average Bonchev–Trinajstić information content (AvgIpc) is 2.65. The molecule has 3 rings (SSSR count). The summed E-state index contributed by atoms with van der Waals surface area (Å²) in [6.45, 7) is 7.12. The highest BCUT2D eigenvalue weighted by atomic mass is 16.6. The molecule has 1 heterocycles. The van der Waals surface area contributed by atoms with Crippen molar-refractivity contribution in [1.29, 1.82) is 0 Å². The number of benzene rings is 1. The molecule has 1 aromatic carbocycles. The van der Waals surface area contributed by atoms with E-state index in [4.69, 9.17) is 10.2 Å². The van der Waals surface area contributed by atoms with Gasteiger partial charge in [0.2, 0.25) is 0 Å². The van der Waals surface area contributed by atoms with Crippen LogP contribution in [0.1, 0.15) is 56.0 Å². The summed E-state index contributed by atoms with van der Waals surface area (Å²) in [4.78, 5) is 13.1. The van der Waals surface area contributed by atoms with Crippen LogP contribution in [0.15, 0.2) is 30.4 Å². The van der Waals surface area contributed by atoms with Crippen LogP contribution in [0.4, 0.5) is 5.69 Å². The molecule has 0 saturated heterocycles. The number of allylic oxidation sites excluding steroid dienone is 2. The van der Waals surface area contributed by atoms with Gasteiger partial charge in [-0.15, -0.1) is 0 Å². The number of aryl methyl sites for hydroxylation is 1. The van der Waals surface area contributed by atoms with Crippen LogP contribution < -0.4 is 4.74 Å². The molecule has 0 saturated carbocycles. The smallest absolute Gasteiger partial charge is 0.311 e. The summed E-state index contributed by atoms with van der Waals surface area (Å²) in [5.41, 5.74) is 2.77. The number of ether oxygens (including phenoxy) is 1. The van der Waals surface area contributed by atoms with E-state index in [-0.39, 0.29) is 24.0 Å². The SMILES string of the molecule is [2H]C1([2H])C=CCC([2H])([2H])C1CN1CC=C(c2cc(OC(C)C)c([N+](=O)[O-])cc2C)CC1. The molecule has 0 N–H and O–H groups in total. The molecule has 0 bridgehead atoms.